The number of nitrogens with zero attached hydrogens (tertiary/aromatic N) is 1. The van der Waals surface area contributed by atoms with Crippen LogP contribution >= 0.6 is 0 Å². The van der Waals surface area contributed by atoms with Gasteiger partial charge in [0, 0.05) is 38.2 Å². The second-order valence-electron chi connectivity index (χ2n) is 13.7. The zero-order valence-electron chi connectivity index (χ0n) is 29.8. The second-order valence-corrected chi connectivity index (χ2v) is 15.4. The summed E-state index contributed by atoms with van der Waals surface area (Å²) in [7, 11) is -2.20. The molecular weight excluding hydrogens is 679 g/mol. The van der Waals surface area contributed by atoms with Crippen LogP contribution in [0, 0.1) is 6.92 Å². The smallest absolute Gasteiger partial charge is 0.241 e. The average molecular weight is 728 g/mol. The summed E-state index contributed by atoms with van der Waals surface area (Å²) < 4.78 is 47.8. The first-order valence-electron chi connectivity index (χ1n) is 17.9. The second kappa shape index (κ2) is 17.7. The van der Waals surface area contributed by atoms with Crippen molar-refractivity contribution in [3.8, 4) is 0 Å². The number of methoxy groups -OCH3 is 1. The number of carbonyl (C=O) groups is 1. The van der Waals surface area contributed by atoms with Gasteiger partial charge in [-0.3, -0.25) is 9.69 Å². The number of nitrogens with one attached hydrogen (secondary N) is 2. The van der Waals surface area contributed by atoms with Gasteiger partial charge in [0.1, 0.15) is 6.04 Å². The number of likely N-dealkylation sites (tertiary alicyclic amines) is 1. The SMILES string of the molecule is COC[C@@H]1CCCN1C[C@@H]1C[C@H](c2ccc(CO)cc2)O[C@H](c2ccc(CNC(=O)[C@@H](Cc3ccccc3)NS(=O)(=O)c3ccc(C)cc3)cc2)O1. The fourth-order valence-electron chi connectivity index (χ4n) is 6.93. The molecule has 10 nitrogen and oxygen atoms in total. The minimum absolute atomic E-state index is 0.0143. The molecule has 4 aromatic rings. The maximum atomic E-state index is 13.5. The molecule has 11 heteroatoms. The van der Waals surface area contributed by atoms with Gasteiger partial charge in [-0.25, -0.2) is 8.42 Å². The van der Waals surface area contributed by atoms with E-state index < -0.39 is 28.3 Å². The number of aliphatic hydroxyl groups excluding tert-OH is 1. The first-order valence-corrected chi connectivity index (χ1v) is 19.4. The molecule has 2 aliphatic heterocycles. The van der Waals surface area contributed by atoms with Gasteiger partial charge in [-0.05, 0) is 67.1 Å². The van der Waals surface area contributed by atoms with Gasteiger partial charge in [0.25, 0.3) is 0 Å². The van der Waals surface area contributed by atoms with Gasteiger partial charge < -0.3 is 24.6 Å². The molecule has 2 saturated heterocycles. The maximum absolute atomic E-state index is 13.5. The van der Waals surface area contributed by atoms with Crippen molar-refractivity contribution in [1.82, 2.24) is 14.9 Å². The molecule has 52 heavy (non-hydrogen) atoms. The molecule has 0 spiro atoms. The highest BCUT2D eigenvalue weighted by atomic mass is 32.2. The third kappa shape index (κ3) is 9.93. The van der Waals surface area contributed by atoms with Crippen LogP contribution in [0.3, 0.4) is 0 Å². The summed E-state index contributed by atoms with van der Waals surface area (Å²) in [6, 6.07) is 30.9. The van der Waals surface area contributed by atoms with Gasteiger partial charge >= 0.3 is 0 Å². The fourth-order valence-corrected chi connectivity index (χ4v) is 8.12. The Labute approximate surface area is 307 Å². The number of rotatable bonds is 15. The standard InChI is InChI=1S/C41H49N3O7S/c1-29-10-20-37(21-11-29)52(47,48)43-38(23-30-7-4-3-5-8-30)40(46)42-25-31-12-18-34(19-13-31)41-50-36(26-44-22-6-9-35(44)28-49-2)24-39(51-41)33-16-14-32(27-45)15-17-33/h3-5,7-8,10-21,35-36,38-39,41,43,45H,6,9,22-28H2,1-2H3,(H,42,46)/t35-,36-,38+,39+,41+/m0/s1. The Kier molecular flexibility index (Phi) is 12.9. The van der Waals surface area contributed by atoms with Gasteiger partial charge in [0.2, 0.25) is 15.9 Å². The molecule has 0 radical (unpaired) electrons. The molecule has 276 valence electrons. The quantitative estimate of drug-likeness (QED) is 0.150. The van der Waals surface area contributed by atoms with Gasteiger partial charge in [0.05, 0.1) is 30.3 Å². The Morgan fingerprint density at radius 2 is 1.60 bits per heavy atom. The molecule has 0 unspecified atom stereocenters. The van der Waals surface area contributed by atoms with Crippen molar-refractivity contribution >= 4 is 15.9 Å². The topological polar surface area (TPSA) is 126 Å². The average Bonchev–Trinajstić information content (AvgIpc) is 3.60. The maximum Gasteiger partial charge on any atom is 0.241 e. The first-order chi connectivity index (χ1) is 25.2. The van der Waals surface area contributed by atoms with Crippen LogP contribution in [0.25, 0.3) is 0 Å². The van der Waals surface area contributed by atoms with E-state index in [-0.39, 0.29) is 36.7 Å². The van der Waals surface area contributed by atoms with Crippen LogP contribution in [0.1, 0.15) is 65.0 Å². The molecule has 0 aromatic heterocycles. The van der Waals surface area contributed by atoms with Crippen molar-refractivity contribution in [3.63, 3.8) is 0 Å². The van der Waals surface area contributed by atoms with E-state index in [0.717, 1.165) is 59.3 Å². The van der Waals surface area contributed by atoms with Crippen molar-refractivity contribution in [2.24, 2.45) is 0 Å². The van der Waals surface area contributed by atoms with Gasteiger partial charge in [-0.15, -0.1) is 0 Å². The van der Waals surface area contributed by atoms with Gasteiger partial charge in [0.15, 0.2) is 6.29 Å². The molecular formula is C41H49N3O7S. The predicted molar refractivity (Wildman–Crippen MR) is 199 cm³/mol. The molecule has 0 aliphatic carbocycles. The Morgan fingerprint density at radius 3 is 2.29 bits per heavy atom. The van der Waals surface area contributed by atoms with Crippen LogP contribution < -0.4 is 10.0 Å². The molecule has 4 aromatic carbocycles. The molecule has 2 heterocycles. The number of hydrogen-bond acceptors (Lipinski definition) is 8. The number of sulfonamides is 1. The van der Waals surface area contributed by atoms with Gasteiger partial charge in [-0.1, -0.05) is 96.6 Å². The third-order valence-corrected chi connectivity index (χ3v) is 11.3. The van der Waals surface area contributed by atoms with Crippen LogP contribution in [0.4, 0.5) is 0 Å². The van der Waals surface area contributed by atoms with E-state index in [0.29, 0.717) is 19.1 Å². The van der Waals surface area contributed by atoms with E-state index >= 15 is 0 Å². The van der Waals surface area contributed by atoms with E-state index in [1.807, 2.05) is 85.8 Å². The van der Waals surface area contributed by atoms with Crippen LogP contribution in [0.2, 0.25) is 0 Å². The molecule has 2 aliphatic rings. The number of carbonyl (C=O) groups excluding carboxylic acids is 1. The Balaban J connectivity index is 1.14. The lowest BCUT2D eigenvalue weighted by molar-refractivity contribution is -0.253. The summed E-state index contributed by atoms with van der Waals surface area (Å²) in [5, 5.41) is 12.5. The minimum atomic E-state index is -3.95. The van der Waals surface area contributed by atoms with Crippen molar-refractivity contribution in [3.05, 3.63) is 137 Å². The highest BCUT2D eigenvalue weighted by Gasteiger charge is 2.35. The molecule has 2 fully saturated rings. The summed E-state index contributed by atoms with van der Waals surface area (Å²) >= 11 is 0. The van der Waals surface area contributed by atoms with E-state index in [2.05, 4.69) is 14.9 Å². The Hall–Kier alpha value is -3.94. The minimum Gasteiger partial charge on any atom is -0.392 e. The number of ether oxygens (including phenoxy) is 3. The monoisotopic (exact) mass is 727 g/mol. The van der Waals surface area contributed by atoms with Crippen molar-refractivity contribution in [2.45, 2.75) is 81.2 Å². The van der Waals surface area contributed by atoms with Crippen molar-refractivity contribution in [2.75, 3.05) is 26.8 Å². The van der Waals surface area contributed by atoms with Crippen molar-refractivity contribution in [1.29, 1.82) is 0 Å². The van der Waals surface area contributed by atoms with Crippen LogP contribution in [-0.2, 0) is 48.6 Å². The van der Waals surface area contributed by atoms with E-state index in [1.54, 1.807) is 19.2 Å². The van der Waals surface area contributed by atoms with E-state index in [4.69, 9.17) is 14.2 Å². The Bertz CT molecular complexity index is 1840. The fraction of sp³-hybridized carbons (Fsp3) is 0.390. The van der Waals surface area contributed by atoms with Crippen molar-refractivity contribution < 1.29 is 32.5 Å². The summed E-state index contributed by atoms with van der Waals surface area (Å²) in [6.07, 6.45) is 2.29. The number of aryl methyl sites for hydroxylation is 1. The molecule has 0 bridgehead atoms. The highest BCUT2D eigenvalue weighted by molar-refractivity contribution is 7.89. The summed E-state index contributed by atoms with van der Waals surface area (Å²) in [5.74, 6) is -0.422. The van der Waals surface area contributed by atoms with Crippen LogP contribution in [0.15, 0.2) is 108 Å². The molecule has 0 saturated carbocycles. The number of hydrogen-bond donors (Lipinski definition) is 3. The zero-order valence-corrected chi connectivity index (χ0v) is 30.6. The number of aliphatic hydroxyl groups is 1. The molecule has 3 N–H and O–H groups in total. The summed E-state index contributed by atoms with van der Waals surface area (Å²) in [5.41, 5.74) is 5.37. The normalized spacial score (nSPS) is 21.5. The summed E-state index contributed by atoms with van der Waals surface area (Å²) in [4.78, 5) is 16.1. The van der Waals surface area contributed by atoms with Crippen LogP contribution in [0.5, 0.6) is 0 Å². The first kappa shape index (κ1) is 37.8. The third-order valence-electron chi connectivity index (χ3n) is 9.86. The Morgan fingerprint density at radius 1 is 0.904 bits per heavy atom. The largest absolute Gasteiger partial charge is 0.392 e. The van der Waals surface area contributed by atoms with Crippen LogP contribution in [-0.4, -0.2) is 69.3 Å². The predicted octanol–water partition coefficient (Wildman–Crippen LogP) is 5.35. The summed E-state index contributed by atoms with van der Waals surface area (Å²) in [6.45, 7) is 4.57. The van der Waals surface area contributed by atoms with E-state index in [1.165, 1.54) is 12.1 Å². The number of amides is 1. The highest BCUT2D eigenvalue weighted by Crippen LogP contribution is 2.38. The molecule has 6 rings (SSSR count). The zero-order chi connectivity index (χ0) is 36.5. The molecule has 1 amide bonds. The van der Waals surface area contributed by atoms with E-state index in [9.17, 15) is 18.3 Å². The number of benzene rings is 4. The van der Waals surface area contributed by atoms with Gasteiger partial charge in [-0.2, -0.15) is 4.72 Å². The molecule has 5 atom stereocenters. The lowest BCUT2D eigenvalue weighted by Gasteiger charge is -2.38. The lowest BCUT2D eigenvalue weighted by Crippen LogP contribution is -2.47. The lowest BCUT2D eigenvalue weighted by atomic mass is 9.99.